The van der Waals surface area contributed by atoms with Gasteiger partial charge in [0.25, 0.3) is 0 Å². The number of rotatable bonds is 2. The summed E-state index contributed by atoms with van der Waals surface area (Å²) in [5, 5.41) is 9.95. The van der Waals surface area contributed by atoms with Crippen LogP contribution in [-0.4, -0.2) is 5.11 Å². The normalized spacial score (nSPS) is 10.4. The van der Waals surface area contributed by atoms with E-state index in [0.717, 1.165) is 27.3 Å². The molecule has 0 spiro atoms. The van der Waals surface area contributed by atoms with Gasteiger partial charge < -0.3 is 5.11 Å². The Balaban J connectivity index is 2.51. The summed E-state index contributed by atoms with van der Waals surface area (Å²) in [5.74, 6) is 0. The Morgan fingerprint density at radius 1 is 1.06 bits per heavy atom. The van der Waals surface area contributed by atoms with E-state index in [0.29, 0.717) is 0 Å². The zero-order valence-corrected chi connectivity index (χ0v) is 9.83. The molecule has 0 unspecified atom stereocenters. The number of benzene rings is 2. The van der Waals surface area contributed by atoms with Crippen molar-refractivity contribution in [1.82, 2.24) is 0 Å². The van der Waals surface area contributed by atoms with E-state index in [1.807, 2.05) is 43.3 Å². The first-order valence-corrected chi connectivity index (χ1v) is 5.55. The molecule has 0 saturated heterocycles. The highest BCUT2D eigenvalue weighted by molar-refractivity contribution is 6.30. The molecule has 0 radical (unpaired) electrons. The number of hydrogen-bond donors (Lipinski definition) is 1. The second-order valence-corrected chi connectivity index (χ2v) is 4.19. The number of aliphatic hydroxyl groups excluding tert-OH is 1. The molecule has 2 rings (SSSR count). The van der Waals surface area contributed by atoms with Crippen LogP contribution in [0.3, 0.4) is 0 Å². The molecule has 2 aromatic carbocycles. The van der Waals surface area contributed by atoms with Crippen molar-refractivity contribution in [3.63, 3.8) is 0 Å². The topological polar surface area (TPSA) is 20.2 Å². The average Bonchev–Trinajstić information content (AvgIpc) is 2.31. The van der Waals surface area contributed by atoms with Crippen LogP contribution in [0.25, 0.3) is 11.1 Å². The molecule has 0 aliphatic rings. The molecule has 1 N–H and O–H groups in total. The third-order valence-electron chi connectivity index (χ3n) is 2.77. The third kappa shape index (κ3) is 2.11. The lowest BCUT2D eigenvalue weighted by atomic mass is 9.97. The van der Waals surface area contributed by atoms with Gasteiger partial charge in [-0.15, -0.1) is 0 Å². The van der Waals surface area contributed by atoms with E-state index in [1.54, 1.807) is 0 Å². The Morgan fingerprint density at radius 2 is 1.75 bits per heavy atom. The van der Waals surface area contributed by atoms with E-state index in [-0.39, 0.29) is 6.61 Å². The first kappa shape index (κ1) is 11.2. The molecule has 2 aromatic rings. The molecule has 0 aliphatic heterocycles. The first-order chi connectivity index (χ1) is 7.72. The summed E-state index contributed by atoms with van der Waals surface area (Å²) < 4.78 is 0. The largest absolute Gasteiger partial charge is 0.392 e. The molecule has 0 heterocycles. The van der Waals surface area contributed by atoms with Gasteiger partial charge in [0.05, 0.1) is 6.61 Å². The van der Waals surface area contributed by atoms with Crippen LogP contribution in [0.4, 0.5) is 0 Å². The highest BCUT2D eigenvalue weighted by Gasteiger charge is 2.04. The van der Waals surface area contributed by atoms with Crippen LogP contribution in [0.1, 0.15) is 11.1 Å². The maximum Gasteiger partial charge on any atom is 0.0684 e. The quantitative estimate of drug-likeness (QED) is 0.835. The molecule has 0 saturated carbocycles. The minimum Gasteiger partial charge on any atom is -0.392 e. The van der Waals surface area contributed by atoms with Gasteiger partial charge in [-0.2, -0.15) is 0 Å². The minimum absolute atomic E-state index is 0.0766. The molecular weight excluding hydrogens is 220 g/mol. The molecule has 1 nitrogen and oxygen atoms in total. The lowest BCUT2D eigenvalue weighted by molar-refractivity contribution is 0.281. The van der Waals surface area contributed by atoms with Crippen molar-refractivity contribution in [2.75, 3.05) is 0 Å². The molecule has 0 aliphatic carbocycles. The molecule has 0 aromatic heterocycles. The fraction of sp³-hybridized carbons (Fsp3) is 0.143. The van der Waals surface area contributed by atoms with Crippen LogP contribution in [0.5, 0.6) is 0 Å². The summed E-state index contributed by atoms with van der Waals surface area (Å²) in [6.45, 7) is 2.10. The standard InChI is InChI=1S/C14H13ClO/c1-10-12(9-16)3-2-4-14(10)11-5-7-13(15)8-6-11/h2-8,16H,9H2,1H3. The van der Waals surface area contributed by atoms with Gasteiger partial charge in [-0.25, -0.2) is 0 Å². The summed E-state index contributed by atoms with van der Waals surface area (Å²) >= 11 is 5.86. The summed E-state index contributed by atoms with van der Waals surface area (Å²) in [7, 11) is 0. The second kappa shape index (κ2) is 4.69. The van der Waals surface area contributed by atoms with Crippen molar-refractivity contribution in [3.05, 3.63) is 58.6 Å². The molecule has 0 amide bonds. The molecule has 2 heteroatoms. The summed E-state index contributed by atoms with van der Waals surface area (Å²) in [6.07, 6.45) is 0. The van der Waals surface area contributed by atoms with E-state index >= 15 is 0 Å². The van der Waals surface area contributed by atoms with Crippen molar-refractivity contribution < 1.29 is 5.11 Å². The van der Waals surface area contributed by atoms with Crippen molar-refractivity contribution in [3.8, 4) is 11.1 Å². The molecular formula is C14H13ClO. The monoisotopic (exact) mass is 232 g/mol. The molecule has 16 heavy (non-hydrogen) atoms. The van der Waals surface area contributed by atoms with Gasteiger partial charge in [0.2, 0.25) is 0 Å². The SMILES string of the molecule is Cc1c(CO)cccc1-c1ccc(Cl)cc1. The summed E-state index contributed by atoms with van der Waals surface area (Å²) in [5.41, 5.74) is 4.35. The zero-order valence-electron chi connectivity index (χ0n) is 9.07. The minimum atomic E-state index is 0.0766. The molecule has 82 valence electrons. The lowest BCUT2D eigenvalue weighted by Gasteiger charge is -2.09. The predicted molar refractivity (Wildman–Crippen MR) is 67.5 cm³/mol. The van der Waals surface area contributed by atoms with E-state index in [4.69, 9.17) is 11.6 Å². The number of halogens is 1. The number of aliphatic hydroxyl groups is 1. The van der Waals surface area contributed by atoms with Crippen LogP contribution in [0.15, 0.2) is 42.5 Å². The Labute approximate surface area is 100 Å². The Hall–Kier alpha value is -1.31. The average molecular weight is 233 g/mol. The Morgan fingerprint density at radius 3 is 2.38 bits per heavy atom. The lowest BCUT2D eigenvalue weighted by Crippen LogP contribution is -1.91. The van der Waals surface area contributed by atoms with Crippen LogP contribution in [0.2, 0.25) is 5.02 Å². The van der Waals surface area contributed by atoms with Crippen LogP contribution in [0, 0.1) is 6.92 Å². The van der Waals surface area contributed by atoms with E-state index in [1.165, 1.54) is 0 Å². The van der Waals surface area contributed by atoms with Crippen molar-refractivity contribution in [1.29, 1.82) is 0 Å². The van der Waals surface area contributed by atoms with Crippen molar-refractivity contribution in [2.24, 2.45) is 0 Å². The Bertz CT molecular complexity index is 489. The summed E-state index contributed by atoms with van der Waals surface area (Å²) in [6, 6.07) is 13.7. The highest BCUT2D eigenvalue weighted by atomic mass is 35.5. The molecule has 0 atom stereocenters. The predicted octanol–water partition coefficient (Wildman–Crippen LogP) is 3.81. The van der Waals surface area contributed by atoms with Crippen LogP contribution >= 0.6 is 11.6 Å². The van der Waals surface area contributed by atoms with Gasteiger partial charge in [-0.05, 0) is 41.3 Å². The van der Waals surface area contributed by atoms with Gasteiger partial charge in [0.15, 0.2) is 0 Å². The first-order valence-electron chi connectivity index (χ1n) is 5.17. The fourth-order valence-electron chi connectivity index (χ4n) is 1.80. The zero-order chi connectivity index (χ0) is 11.5. The third-order valence-corrected chi connectivity index (χ3v) is 3.02. The fourth-order valence-corrected chi connectivity index (χ4v) is 1.92. The van der Waals surface area contributed by atoms with Crippen LogP contribution in [-0.2, 0) is 6.61 Å². The summed E-state index contributed by atoms with van der Waals surface area (Å²) in [4.78, 5) is 0. The van der Waals surface area contributed by atoms with Crippen molar-refractivity contribution in [2.45, 2.75) is 13.5 Å². The molecule has 0 bridgehead atoms. The smallest absolute Gasteiger partial charge is 0.0684 e. The van der Waals surface area contributed by atoms with Gasteiger partial charge in [0.1, 0.15) is 0 Å². The maximum absolute atomic E-state index is 9.21. The van der Waals surface area contributed by atoms with E-state index in [2.05, 4.69) is 6.07 Å². The Kier molecular flexibility index (Phi) is 3.28. The number of hydrogen-bond acceptors (Lipinski definition) is 1. The van der Waals surface area contributed by atoms with E-state index in [9.17, 15) is 5.11 Å². The maximum atomic E-state index is 9.21. The van der Waals surface area contributed by atoms with E-state index < -0.39 is 0 Å². The van der Waals surface area contributed by atoms with Crippen molar-refractivity contribution >= 4 is 11.6 Å². The highest BCUT2D eigenvalue weighted by Crippen LogP contribution is 2.26. The van der Waals surface area contributed by atoms with Crippen LogP contribution < -0.4 is 0 Å². The van der Waals surface area contributed by atoms with Gasteiger partial charge in [-0.3, -0.25) is 0 Å². The van der Waals surface area contributed by atoms with Gasteiger partial charge >= 0.3 is 0 Å². The van der Waals surface area contributed by atoms with Gasteiger partial charge in [0, 0.05) is 5.02 Å². The second-order valence-electron chi connectivity index (χ2n) is 3.75. The molecule has 0 fully saturated rings. The van der Waals surface area contributed by atoms with Gasteiger partial charge in [-0.1, -0.05) is 41.9 Å².